The fraction of sp³-hybridized carbons (Fsp3) is 0.211. The number of carbonyl (C=O) groups is 1. The number of hydrogen-bond donors (Lipinski definition) is 1. The number of nitrogens with one attached hydrogen (secondary N) is 1. The van der Waals surface area contributed by atoms with Gasteiger partial charge in [-0.15, -0.1) is 0 Å². The second-order valence-corrected chi connectivity index (χ2v) is 5.51. The van der Waals surface area contributed by atoms with Gasteiger partial charge >= 0.3 is 0 Å². The van der Waals surface area contributed by atoms with Gasteiger partial charge in [0, 0.05) is 22.3 Å². The minimum atomic E-state index is -0.212. The Morgan fingerprint density at radius 3 is 2.83 bits per heavy atom. The van der Waals surface area contributed by atoms with E-state index in [4.69, 9.17) is 16.3 Å². The van der Waals surface area contributed by atoms with Crippen molar-refractivity contribution in [2.45, 2.75) is 19.8 Å². The van der Waals surface area contributed by atoms with E-state index in [1.165, 1.54) is 6.08 Å². The first-order valence-corrected chi connectivity index (χ1v) is 8.03. The van der Waals surface area contributed by atoms with Crippen LogP contribution >= 0.6 is 11.6 Å². The van der Waals surface area contributed by atoms with E-state index < -0.39 is 0 Å². The number of rotatable bonds is 7. The number of para-hydroxylation sites is 1. The Bertz CT molecular complexity index is 683. The van der Waals surface area contributed by atoms with E-state index in [0.29, 0.717) is 17.3 Å². The van der Waals surface area contributed by atoms with Crippen molar-refractivity contribution in [3.8, 4) is 5.75 Å². The molecule has 0 bridgehead atoms. The molecule has 1 amide bonds. The van der Waals surface area contributed by atoms with Crippen LogP contribution in [0, 0.1) is 0 Å². The van der Waals surface area contributed by atoms with Crippen molar-refractivity contribution >= 4 is 29.3 Å². The number of amides is 1. The maximum atomic E-state index is 12.0. The van der Waals surface area contributed by atoms with E-state index in [0.717, 1.165) is 24.2 Å². The van der Waals surface area contributed by atoms with E-state index in [2.05, 4.69) is 12.2 Å². The van der Waals surface area contributed by atoms with Gasteiger partial charge in [-0.2, -0.15) is 0 Å². The summed E-state index contributed by atoms with van der Waals surface area (Å²) in [5, 5.41) is 3.36. The zero-order chi connectivity index (χ0) is 16.5. The molecule has 0 saturated heterocycles. The SMILES string of the molecule is CCCCOc1ccccc1C=CC(=O)Nc1cccc(Cl)c1. The Labute approximate surface area is 141 Å². The van der Waals surface area contributed by atoms with Crippen molar-refractivity contribution < 1.29 is 9.53 Å². The van der Waals surface area contributed by atoms with Gasteiger partial charge in [-0.05, 0) is 36.8 Å². The number of halogens is 1. The molecular formula is C19H20ClNO2. The lowest BCUT2D eigenvalue weighted by Crippen LogP contribution is -2.07. The third kappa shape index (κ3) is 5.80. The van der Waals surface area contributed by atoms with Crippen LogP contribution < -0.4 is 10.1 Å². The average Bonchev–Trinajstić information content (AvgIpc) is 2.54. The van der Waals surface area contributed by atoms with E-state index in [9.17, 15) is 4.79 Å². The third-order valence-corrected chi connectivity index (χ3v) is 3.42. The molecule has 0 saturated carbocycles. The average molecular weight is 330 g/mol. The first-order valence-electron chi connectivity index (χ1n) is 7.65. The Morgan fingerprint density at radius 1 is 1.22 bits per heavy atom. The summed E-state index contributed by atoms with van der Waals surface area (Å²) in [6, 6.07) is 14.7. The van der Waals surface area contributed by atoms with Gasteiger partial charge < -0.3 is 10.1 Å². The number of anilines is 1. The molecule has 2 aromatic rings. The Balaban J connectivity index is 2.00. The molecule has 0 aliphatic heterocycles. The second kappa shape index (κ2) is 9.01. The van der Waals surface area contributed by atoms with Gasteiger partial charge in [0.05, 0.1) is 6.61 Å². The summed E-state index contributed by atoms with van der Waals surface area (Å²) in [6.07, 6.45) is 5.33. The van der Waals surface area contributed by atoms with E-state index in [1.807, 2.05) is 24.3 Å². The summed E-state index contributed by atoms with van der Waals surface area (Å²) in [6.45, 7) is 2.80. The fourth-order valence-corrected chi connectivity index (χ4v) is 2.18. The van der Waals surface area contributed by atoms with Crippen LogP contribution in [0.4, 0.5) is 5.69 Å². The predicted molar refractivity (Wildman–Crippen MR) is 96.0 cm³/mol. The summed E-state index contributed by atoms with van der Waals surface area (Å²) >= 11 is 5.90. The maximum absolute atomic E-state index is 12.0. The smallest absolute Gasteiger partial charge is 0.248 e. The topological polar surface area (TPSA) is 38.3 Å². The number of benzene rings is 2. The molecule has 2 aromatic carbocycles. The van der Waals surface area contributed by atoms with Crippen molar-refractivity contribution in [1.82, 2.24) is 0 Å². The fourth-order valence-electron chi connectivity index (χ4n) is 1.99. The van der Waals surface area contributed by atoms with Crippen LogP contribution in [-0.2, 0) is 4.79 Å². The molecule has 0 aromatic heterocycles. The van der Waals surface area contributed by atoms with Gasteiger partial charge in [-0.25, -0.2) is 0 Å². The summed E-state index contributed by atoms with van der Waals surface area (Å²) < 4.78 is 5.74. The van der Waals surface area contributed by atoms with Crippen LogP contribution in [0.2, 0.25) is 5.02 Å². The van der Waals surface area contributed by atoms with Crippen LogP contribution in [0.5, 0.6) is 5.75 Å². The molecule has 4 heteroatoms. The molecule has 0 aliphatic carbocycles. The van der Waals surface area contributed by atoms with Crippen LogP contribution in [0.3, 0.4) is 0 Å². The van der Waals surface area contributed by atoms with E-state index in [-0.39, 0.29) is 5.91 Å². The lowest BCUT2D eigenvalue weighted by molar-refractivity contribution is -0.111. The molecule has 0 spiro atoms. The summed E-state index contributed by atoms with van der Waals surface area (Å²) in [7, 11) is 0. The first-order chi connectivity index (χ1) is 11.2. The molecule has 120 valence electrons. The van der Waals surface area contributed by atoms with Crippen molar-refractivity contribution in [2.24, 2.45) is 0 Å². The van der Waals surface area contributed by atoms with E-state index >= 15 is 0 Å². The van der Waals surface area contributed by atoms with Crippen molar-refractivity contribution in [3.05, 3.63) is 65.2 Å². The molecule has 0 atom stereocenters. The first kappa shape index (κ1) is 17.1. The molecule has 0 unspecified atom stereocenters. The molecule has 0 aliphatic rings. The van der Waals surface area contributed by atoms with Gasteiger partial charge in [0.15, 0.2) is 0 Å². The highest BCUT2D eigenvalue weighted by Gasteiger charge is 2.02. The van der Waals surface area contributed by atoms with Crippen LogP contribution in [-0.4, -0.2) is 12.5 Å². The molecular weight excluding hydrogens is 310 g/mol. The predicted octanol–water partition coefficient (Wildman–Crippen LogP) is 5.17. The number of carbonyl (C=O) groups excluding carboxylic acids is 1. The minimum Gasteiger partial charge on any atom is -0.493 e. The zero-order valence-corrected chi connectivity index (χ0v) is 13.8. The largest absolute Gasteiger partial charge is 0.493 e. The lowest BCUT2D eigenvalue weighted by Gasteiger charge is -2.08. The molecule has 3 nitrogen and oxygen atoms in total. The van der Waals surface area contributed by atoms with Crippen molar-refractivity contribution in [2.75, 3.05) is 11.9 Å². The molecule has 0 fully saturated rings. The lowest BCUT2D eigenvalue weighted by atomic mass is 10.2. The zero-order valence-electron chi connectivity index (χ0n) is 13.1. The summed E-state index contributed by atoms with van der Waals surface area (Å²) in [5.74, 6) is 0.573. The minimum absolute atomic E-state index is 0.212. The number of hydrogen-bond acceptors (Lipinski definition) is 2. The van der Waals surface area contributed by atoms with E-state index in [1.54, 1.807) is 30.3 Å². The van der Waals surface area contributed by atoms with Crippen molar-refractivity contribution in [3.63, 3.8) is 0 Å². The van der Waals surface area contributed by atoms with Gasteiger partial charge in [-0.1, -0.05) is 49.2 Å². The standard InChI is InChI=1S/C19H20ClNO2/c1-2-3-13-23-18-10-5-4-7-15(18)11-12-19(22)21-17-9-6-8-16(20)14-17/h4-12,14H,2-3,13H2,1H3,(H,21,22). The molecule has 1 N–H and O–H groups in total. The summed E-state index contributed by atoms with van der Waals surface area (Å²) in [5.41, 5.74) is 1.55. The Kier molecular flexibility index (Phi) is 6.70. The number of ether oxygens (including phenoxy) is 1. The van der Waals surface area contributed by atoms with Gasteiger partial charge in [0.25, 0.3) is 0 Å². The molecule has 0 radical (unpaired) electrons. The maximum Gasteiger partial charge on any atom is 0.248 e. The van der Waals surface area contributed by atoms with Gasteiger partial charge in [0.2, 0.25) is 5.91 Å². The molecule has 23 heavy (non-hydrogen) atoms. The third-order valence-electron chi connectivity index (χ3n) is 3.18. The molecule has 2 rings (SSSR count). The monoisotopic (exact) mass is 329 g/mol. The highest BCUT2D eigenvalue weighted by atomic mass is 35.5. The van der Waals surface area contributed by atoms with Crippen molar-refractivity contribution in [1.29, 1.82) is 0 Å². The van der Waals surface area contributed by atoms with Crippen LogP contribution in [0.1, 0.15) is 25.3 Å². The summed E-state index contributed by atoms with van der Waals surface area (Å²) in [4.78, 5) is 12.0. The quantitative estimate of drug-likeness (QED) is 0.562. The second-order valence-electron chi connectivity index (χ2n) is 5.07. The molecule has 0 heterocycles. The van der Waals surface area contributed by atoms with Crippen LogP contribution in [0.25, 0.3) is 6.08 Å². The highest BCUT2D eigenvalue weighted by Crippen LogP contribution is 2.20. The van der Waals surface area contributed by atoms with Gasteiger partial charge in [0.1, 0.15) is 5.75 Å². The highest BCUT2D eigenvalue weighted by molar-refractivity contribution is 6.30. The Hall–Kier alpha value is -2.26. The van der Waals surface area contributed by atoms with Gasteiger partial charge in [-0.3, -0.25) is 4.79 Å². The number of unbranched alkanes of at least 4 members (excludes halogenated alkanes) is 1. The normalized spacial score (nSPS) is 10.7. The Morgan fingerprint density at radius 2 is 2.04 bits per heavy atom. The van der Waals surface area contributed by atoms with Crippen LogP contribution in [0.15, 0.2) is 54.6 Å².